The van der Waals surface area contributed by atoms with Gasteiger partial charge in [-0.15, -0.1) is 11.6 Å². The van der Waals surface area contributed by atoms with Gasteiger partial charge in [-0.25, -0.2) is 9.37 Å². The van der Waals surface area contributed by atoms with Gasteiger partial charge in [0, 0.05) is 31.0 Å². The number of benzene rings is 1. The summed E-state index contributed by atoms with van der Waals surface area (Å²) < 4.78 is 21.7. The highest BCUT2D eigenvalue weighted by molar-refractivity contribution is 6.17. The van der Waals surface area contributed by atoms with Crippen molar-refractivity contribution in [2.75, 3.05) is 12.5 Å². The molecule has 21 heavy (non-hydrogen) atoms. The van der Waals surface area contributed by atoms with Gasteiger partial charge in [-0.1, -0.05) is 0 Å². The Labute approximate surface area is 129 Å². The fourth-order valence-electron chi connectivity index (χ4n) is 3.15. The van der Waals surface area contributed by atoms with Gasteiger partial charge in [-0.2, -0.15) is 0 Å². The maximum Gasteiger partial charge on any atom is 0.128 e. The van der Waals surface area contributed by atoms with Crippen LogP contribution >= 0.6 is 11.6 Å². The molecule has 0 spiro atoms. The van der Waals surface area contributed by atoms with E-state index >= 15 is 0 Å². The largest absolute Gasteiger partial charge is 0.378 e. The van der Waals surface area contributed by atoms with Crippen molar-refractivity contribution in [2.24, 2.45) is 0 Å². The predicted molar refractivity (Wildman–Crippen MR) is 82.5 cm³/mol. The van der Waals surface area contributed by atoms with Crippen molar-refractivity contribution >= 4 is 22.6 Å². The summed E-state index contributed by atoms with van der Waals surface area (Å²) in [6.45, 7) is 4.64. The maximum absolute atomic E-state index is 13.8. The lowest BCUT2D eigenvalue weighted by molar-refractivity contribution is 0.00625. The van der Waals surface area contributed by atoms with Crippen LogP contribution in [0.15, 0.2) is 12.1 Å². The number of hydrogen-bond acceptors (Lipinski definition) is 2. The van der Waals surface area contributed by atoms with Crippen LogP contribution in [-0.2, 0) is 11.2 Å². The second-order valence-electron chi connectivity index (χ2n) is 5.79. The maximum atomic E-state index is 13.8. The van der Waals surface area contributed by atoms with Gasteiger partial charge in [-0.05, 0) is 38.3 Å². The number of nitrogens with zero attached hydrogens (tertiary/aromatic N) is 2. The van der Waals surface area contributed by atoms with Crippen molar-refractivity contribution < 1.29 is 9.13 Å². The first kappa shape index (κ1) is 14.8. The normalized spacial score (nSPS) is 22.9. The minimum absolute atomic E-state index is 0.204. The summed E-state index contributed by atoms with van der Waals surface area (Å²) >= 11 is 5.91. The zero-order valence-electron chi connectivity index (χ0n) is 12.4. The van der Waals surface area contributed by atoms with Gasteiger partial charge in [0.25, 0.3) is 0 Å². The van der Waals surface area contributed by atoms with Crippen LogP contribution in [0, 0.1) is 12.7 Å². The van der Waals surface area contributed by atoms with Crippen molar-refractivity contribution in [3.05, 3.63) is 29.3 Å². The molecule has 1 aliphatic rings. The van der Waals surface area contributed by atoms with Crippen LogP contribution in [0.25, 0.3) is 11.0 Å². The van der Waals surface area contributed by atoms with Crippen molar-refractivity contribution in [1.82, 2.24) is 9.55 Å². The fourth-order valence-corrected chi connectivity index (χ4v) is 3.32. The van der Waals surface area contributed by atoms with Crippen LogP contribution in [-0.4, -0.2) is 28.1 Å². The van der Waals surface area contributed by atoms with Gasteiger partial charge in [0.1, 0.15) is 11.6 Å². The Hall–Kier alpha value is -1.13. The summed E-state index contributed by atoms with van der Waals surface area (Å²) in [4.78, 5) is 4.60. The van der Waals surface area contributed by atoms with Crippen LogP contribution in [0.3, 0.4) is 0 Å². The Morgan fingerprint density at radius 1 is 1.48 bits per heavy atom. The summed E-state index contributed by atoms with van der Waals surface area (Å²) in [5, 5.41) is 0. The Morgan fingerprint density at radius 3 is 3.00 bits per heavy atom. The number of hydrogen-bond donors (Lipinski definition) is 0. The number of ether oxygens (including phenoxy) is 1. The first-order valence-corrected chi connectivity index (χ1v) is 7.98. The number of imidazole rings is 1. The van der Waals surface area contributed by atoms with Crippen LogP contribution < -0.4 is 0 Å². The molecular weight excluding hydrogens is 291 g/mol. The molecule has 1 aliphatic heterocycles. The van der Waals surface area contributed by atoms with Gasteiger partial charge >= 0.3 is 0 Å². The van der Waals surface area contributed by atoms with Crippen molar-refractivity contribution in [2.45, 2.75) is 45.3 Å². The van der Waals surface area contributed by atoms with Crippen molar-refractivity contribution in [1.29, 1.82) is 0 Å². The van der Waals surface area contributed by atoms with Gasteiger partial charge < -0.3 is 9.30 Å². The summed E-state index contributed by atoms with van der Waals surface area (Å²) in [5.41, 5.74) is 2.38. The highest BCUT2D eigenvalue weighted by atomic mass is 35.5. The summed E-state index contributed by atoms with van der Waals surface area (Å²) in [5.74, 6) is 1.26. The molecule has 0 aliphatic carbocycles. The molecule has 2 atom stereocenters. The molecule has 2 heterocycles. The summed E-state index contributed by atoms with van der Waals surface area (Å²) in [6, 6.07) is 3.78. The molecule has 0 radical (unpaired) electrons. The van der Waals surface area contributed by atoms with Gasteiger partial charge in [0.15, 0.2) is 0 Å². The Bertz CT molecular complexity index is 655. The van der Waals surface area contributed by atoms with E-state index < -0.39 is 0 Å². The zero-order chi connectivity index (χ0) is 15.0. The van der Waals surface area contributed by atoms with Crippen LogP contribution in [0.2, 0.25) is 0 Å². The molecular formula is C16H20ClFN2O. The SMILES string of the molecule is Cc1cc2c(cc1F)nc(CCCl)n2C1CCOC(C)C1. The third-order valence-corrected chi connectivity index (χ3v) is 4.37. The Morgan fingerprint density at radius 2 is 2.29 bits per heavy atom. The standard InChI is InChI=1S/C16H20ClFN2O/c1-10-7-15-14(9-13(10)18)19-16(3-5-17)20(15)12-4-6-21-11(2)8-12/h7,9,11-12H,3-6,8H2,1-2H3. The number of rotatable bonds is 3. The lowest BCUT2D eigenvalue weighted by atomic mass is 10.0. The third kappa shape index (κ3) is 2.79. The summed E-state index contributed by atoms with van der Waals surface area (Å²) in [6.07, 6.45) is 2.85. The van der Waals surface area contributed by atoms with E-state index in [1.165, 1.54) is 6.07 Å². The topological polar surface area (TPSA) is 27.1 Å². The molecule has 3 rings (SSSR count). The number of halogens is 2. The molecule has 0 saturated carbocycles. The molecule has 5 heteroatoms. The zero-order valence-corrected chi connectivity index (χ0v) is 13.2. The number of fused-ring (bicyclic) bond motifs is 1. The molecule has 1 aromatic heterocycles. The van der Waals surface area contributed by atoms with E-state index in [9.17, 15) is 4.39 Å². The molecule has 0 amide bonds. The van der Waals surface area contributed by atoms with E-state index in [4.69, 9.17) is 16.3 Å². The minimum Gasteiger partial charge on any atom is -0.378 e. The fraction of sp³-hybridized carbons (Fsp3) is 0.562. The number of alkyl halides is 1. The molecule has 114 valence electrons. The van der Waals surface area contributed by atoms with Crippen LogP contribution in [0.5, 0.6) is 0 Å². The van der Waals surface area contributed by atoms with Crippen molar-refractivity contribution in [3.63, 3.8) is 0 Å². The highest BCUT2D eigenvalue weighted by Gasteiger charge is 2.25. The Kier molecular flexibility index (Phi) is 4.18. The quantitative estimate of drug-likeness (QED) is 0.801. The molecule has 2 unspecified atom stereocenters. The van der Waals surface area contributed by atoms with Crippen LogP contribution in [0.4, 0.5) is 4.39 Å². The average Bonchev–Trinajstić information content (AvgIpc) is 2.77. The third-order valence-electron chi connectivity index (χ3n) is 4.18. The molecule has 2 aromatic rings. The first-order chi connectivity index (χ1) is 10.1. The number of aryl methyl sites for hydroxylation is 2. The van der Waals surface area contributed by atoms with E-state index in [0.29, 0.717) is 23.9 Å². The lowest BCUT2D eigenvalue weighted by Crippen LogP contribution is -2.26. The van der Waals surface area contributed by atoms with Crippen LogP contribution in [0.1, 0.15) is 37.2 Å². The lowest BCUT2D eigenvalue weighted by Gasteiger charge is -2.30. The molecule has 0 N–H and O–H groups in total. The van der Waals surface area contributed by atoms with E-state index in [1.807, 2.05) is 6.07 Å². The van der Waals surface area contributed by atoms with Gasteiger partial charge in [0.2, 0.25) is 0 Å². The van der Waals surface area contributed by atoms with Gasteiger partial charge in [0.05, 0.1) is 17.1 Å². The second-order valence-corrected chi connectivity index (χ2v) is 6.16. The second kappa shape index (κ2) is 5.93. The molecule has 1 aromatic carbocycles. The van der Waals surface area contributed by atoms with E-state index in [0.717, 1.165) is 36.3 Å². The molecule has 3 nitrogen and oxygen atoms in total. The smallest absolute Gasteiger partial charge is 0.128 e. The van der Waals surface area contributed by atoms with E-state index in [-0.39, 0.29) is 11.9 Å². The monoisotopic (exact) mass is 310 g/mol. The Balaban J connectivity index is 2.12. The van der Waals surface area contributed by atoms with E-state index in [2.05, 4.69) is 16.5 Å². The molecule has 0 bridgehead atoms. The van der Waals surface area contributed by atoms with Crippen molar-refractivity contribution in [3.8, 4) is 0 Å². The predicted octanol–water partition coefficient (Wildman–Crippen LogP) is 4.01. The average molecular weight is 311 g/mol. The number of aromatic nitrogens is 2. The molecule has 1 saturated heterocycles. The van der Waals surface area contributed by atoms with E-state index in [1.54, 1.807) is 6.92 Å². The van der Waals surface area contributed by atoms with Gasteiger partial charge in [-0.3, -0.25) is 0 Å². The summed E-state index contributed by atoms with van der Waals surface area (Å²) in [7, 11) is 0. The highest BCUT2D eigenvalue weighted by Crippen LogP contribution is 2.31. The molecule has 1 fully saturated rings. The minimum atomic E-state index is -0.204. The first-order valence-electron chi connectivity index (χ1n) is 7.44.